The second-order valence-corrected chi connectivity index (χ2v) is 7.05. The largest absolute Gasteiger partial charge is 0.494 e. The smallest absolute Gasteiger partial charge is 0.195 e. The fourth-order valence-corrected chi connectivity index (χ4v) is 4.63. The monoisotopic (exact) mass is 316 g/mol. The number of nitrogens with two attached hydrogens (primary N) is 1. The maximum atomic E-state index is 12.3. The number of nitrogens with zero attached hydrogens (tertiary/aromatic N) is 1. The molecule has 20 heavy (non-hydrogen) atoms. The SMILES string of the molecule is NCCSSCC1(n2c(O)ccc2O)C(=O)CCC1=O. The van der Waals surface area contributed by atoms with E-state index < -0.39 is 5.54 Å². The molecular formula is C12H16N2O4S2. The predicted molar refractivity (Wildman–Crippen MR) is 79.0 cm³/mol. The van der Waals surface area contributed by atoms with Gasteiger partial charge in [0.05, 0.1) is 0 Å². The minimum atomic E-state index is -1.50. The maximum Gasteiger partial charge on any atom is 0.195 e. The van der Waals surface area contributed by atoms with Crippen LogP contribution >= 0.6 is 21.6 Å². The highest BCUT2D eigenvalue weighted by Crippen LogP contribution is 2.42. The van der Waals surface area contributed by atoms with Crippen LogP contribution in [-0.2, 0) is 15.1 Å². The van der Waals surface area contributed by atoms with Gasteiger partial charge in [0, 0.05) is 43.0 Å². The number of ketones is 2. The Morgan fingerprint density at radius 3 is 2.20 bits per heavy atom. The molecule has 8 heteroatoms. The van der Waals surface area contributed by atoms with E-state index in [0.717, 1.165) is 4.57 Å². The summed E-state index contributed by atoms with van der Waals surface area (Å²) in [6, 6.07) is 2.54. The van der Waals surface area contributed by atoms with Crippen LogP contribution in [0.3, 0.4) is 0 Å². The van der Waals surface area contributed by atoms with Gasteiger partial charge in [0.2, 0.25) is 0 Å². The van der Waals surface area contributed by atoms with E-state index in [9.17, 15) is 19.8 Å². The van der Waals surface area contributed by atoms with Crippen molar-refractivity contribution in [1.82, 2.24) is 4.57 Å². The molecule has 0 radical (unpaired) electrons. The van der Waals surface area contributed by atoms with Gasteiger partial charge in [-0.3, -0.25) is 14.2 Å². The summed E-state index contributed by atoms with van der Waals surface area (Å²) in [5.41, 5.74) is 3.90. The van der Waals surface area contributed by atoms with Gasteiger partial charge in [-0.05, 0) is 0 Å². The van der Waals surface area contributed by atoms with E-state index in [4.69, 9.17) is 5.73 Å². The van der Waals surface area contributed by atoms with E-state index in [0.29, 0.717) is 12.3 Å². The Kier molecular flexibility index (Phi) is 4.66. The third kappa shape index (κ3) is 2.43. The minimum absolute atomic E-state index is 0.137. The number of aromatic hydroxyl groups is 2. The van der Waals surface area contributed by atoms with Crippen molar-refractivity contribution >= 4 is 33.2 Å². The molecule has 0 saturated heterocycles. The quantitative estimate of drug-likeness (QED) is 0.406. The van der Waals surface area contributed by atoms with Crippen molar-refractivity contribution in [1.29, 1.82) is 0 Å². The lowest BCUT2D eigenvalue weighted by molar-refractivity contribution is -0.132. The Bertz CT molecular complexity index is 494. The summed E-state index contributed by atoms with van der Waals surface area (Å²) in [5, 5.41) is 19.7. The fourth-order valence-electron chi connectivity index (χ4n) is 2.31. The number of hydrogen-bond donors (Lipinski definition) is 3. The van der Waals surface area contributed by atoms with Crippen LogP contribution in [0.25, 0.3) is 0 Å². The summed E-state index contributed by atoms with van der Waals surface area (Å²) < 4.78 is 1.04. The van der Waals surface area contributed by atoms with Crippen molar-refractivity contribution in [3.63, 3.8) is 0 Å². The third-order valence-corrected chi connectivity index (χ3v) is 5.73. The molecule has 1 aromatic heterocycles. The molecule has 0 amide bonds. The van der Waals surface area contributed by atoms with Crippen LogP contribution in [0.1, 0.15) is 12.8 Å². The van der Waals surface area contributed by atoms with Crippen molar-refractivity contribution in [2.24, 2.45) is 5.73 Å². The first-order chi connectivity index (χ1) is 9.54. The van der Waals surface area contributed by atoms with E-state index in [1.165, 1.54) is 33.7 Å². The normalized spacial score (nSPS) is 17.9. The molecule has 4 N–H and O–H groups in total. The van der Waals surface area contributed by atoms with Crippen molar-refractivity contribution in [3.8, 4) is 11.8 Å². The van der Waals surface area contributed by atoms with Gasteiger partial charge in [-0.15, -0.1) is 0 Å². The van der Waals surface area contributed by atoms with Gasteiger partial charge in [0.15, 0.2) is 28.9 Å². The van der Waals surface area contributed by atoms with Crippen LogP contribution in [0, 0.1) is 0 Å². The summed E-state index contributed by atoms with van der Waals surface area (Å²) in [7, 11) is 2.81. The molecule has 1 heterocycles. The number of Topliss-reactive ketones (excluding diaryl/α,β-unsaturated/α-hetero) is 2. The molecule has 1 aromatic rings. The van der Waals surface area contributed by atoms with Gasteiger partial charge in [-0.1, -0.05) is 21.6 Å². The Balaban J connectivity index is 2.35. The third-order valence-electron chi connectivity index (χ3n) is 3.28. The van der Waals surface area contributed by atoms with Gasteiger partial charge in [0.25, 0.3) is 0 Å². The molecule has 1 aliphatic rings. The highest BCUT2D eigenvalue weighted by molar-refractivity contribution is 8.76. The molecular weight excluding hydrogens is 300 g/mol. The van der Waals surface area contributed by atoms with Crippen LogP contribution in [0.5, 0.6) is 11.8 Å². The van der Waals surface area contributed by atoms with E-state index in [-0.39, 0.29) is 41.9 Å². The molecule has 0 spiro atoms. The molecule has 2 rings (SSSR count). The average molecular weight is 316 g/mol. The summed E-state index contributed by atoms with van der Waals surface area (Å²) in [6.07, 6.45) is 0.274. The van der Waals surface area contributed by atoms with Gasteiger partial charge in [0.1, 0.15) is 0 Å². The number of carbonyl (C=O) groups is 2. The molecule has 1 aliphatic carbocycles. The summed E-state index contributed by atoms with van der Waals surface area (Å²) in [4.78, 5) is 24.5. The zero-order valence-corrected chi connectivity index (χ0v) is 12.4. The first-order valence-electron chi connectivity index (χ1n) is 6.15. The number of carbonyl (C=O) groups excluding carboxylic acids is 2. The minimum Gasteiger partial charge on any atom is -0.494 e. The molecule has 0 aliphatic heterocycles. The molecule has 0 aromatic carbocycles. The lowest BCUT2D eigenvalue weighted by atomic mass is 9.97. The number of hydrogen-bond acceptors (Lipinski definition) is 7. The summed E-state index contributed by atoms with van der Waals surface area (Å²) >= 11 is 0. The lowest BCUT2D eigenvalue weighted by Gasteiger charge is -2.28. The molecule has 1 saturated carbocycles. The van der Waals surface area contributed by atoms with E-state index in [1.54, 1.807) is 0 Å². The van der Waals surface area contributed by atoms with E-state index >= 15 is 0 Å². The van der Waals surface area contributed by atoms with Crippen LogP contribution in [0.4, 0.5) is 0 Å². The zero-order chi connectivity index (χ0) is 14.8. The van der Waals surface area contributed by atoms with Crippen LogP contribution in [0.2, 0.25) is 0 Å². The van der Waals surface area contributed by atoms with Gasteiger partial charge >= 0.3 is 0 Å². The van der Waals surface area contributed by atoms with Gasteiger partial charge in [-0.25, -0.2) is 0 Å². The second kappa shape index (κ2) is 6.11. The van der Waals surface area contributed by atoms with Crippen LogP contribution in [-0.4, -0.2) is 44.4 Å². The maximum absolute atomic E-state index is 12.3. The molecule has 1 fully saturated rings. The Hall–Kier alpha value is -1.12. The first-order valence-corrected chi connectivity index (χ1v) is 8.64. The van der Waals surface area contributed by atoms with Crippen molar-refractivity contribution < 1.29 is 19.8 Å². The van der Waals surface area contributed by atoms with Crippen molar-refractivity contribution in [3.05, 3.63) is 12.1 Å². The van der Waals surface area contributed by atoms with Gasteiger partial charge < -0.3 is 15.9 Å². The first kappa shape index (κ1) is 15.3. The highest BCUT2D eigenvalue weighted by atomic mass is 33.1. The fraction of sp³-hybridized carbons (Fsp3) is 0.500. The lowest BCUT2D eigenvalue weighted by Crippen LogP contribution is -2.45. The average Bonchev–Trinajstić information content (AvgIpc) is 2.89. The van der Waals surface area contributed by atoms with Crippen LogP contribution in [0.15, 0.2) is 12.1 Å². The van der Waals surface area contributed by atoms with Crippen molar-refractivity contribution in [2.45, 2.75) is 18.4 Å². The molecule has 110 valence electrons. The Morgan fingerprint density at radius 2 is 1.70 bits per heavy atom. The standard InChI is InChI=1S/C12H16N2O4S2/c13-5-6-19-20-7-12(8(15)1-2-9(12)16)14-10(17)3-4-11(14)18/h3-4,17-18H,1-2,5-7,13H2. The Morgan fingerprint density at radius 1 is 1.15 bits per heavy atom. The molecule has 0 unspecified atom stereocenters. The predicted octanol–water partition coefficient (Wildman–Crippen LogP) is 0.867. The molecule has 6 nitrogen and oxygen atoms in total. The summed E-state index contributed by atoms with van der Waals surface area (Å²) in [6.45, 7) is 0.507. The second-order valence-electron chi connectivity index (χ2n) is 4.46. The van der Waals surface area contributed by atoms with Crippen LogP contribution < -0.4 is 5.73 Å². The van der Waals surface area contributed by atoms with Crippen molar-refractivity contribution in [2.75, 3.05) is 18.1 Å². The van der Waals surface area contributed by atoms with E-state index in [2.05, 4.69) is 0 Å². The topological polar surface area (TPSA) is 106 Å². The zero-order valence-electron chi connectivity index (χ0n) is 10.7. The Labute approximate surface area is 124 Å². The molecule has 0 atom stereocenters. The highest BCUT2D eigenvalue weighted by Gasteiger charge is 2.53. The van der Waals surface area contributed by atoms with E-state index in [1.807, 2.05) is 0 Å². The summed E-state index contributed by atoms with van der Waals surface area (Å²) in [5.74, 6) is -0.237. The molecule has 0 bridgehead atoms. The number of aromatic nitrogens is 1. The van der Waals surface area contributed by atoms with Gasteiger partial charge in [-0.2, -0.15) is 0 Å². The number of rotatable bonds is 6.